The Hall–Kier alpha value is -3.22. The highest BCUT2D eigenvalue weighted by molar-refractivity contribution is 6.09. The van der Waals surface area contributed by atoms with Crippen LogP contribution in [0.15, 0.2) is 36.4 Å². The van der Waals surface area contributed by atoms with E-state index in [-0.39, 0.29) is 28.3 Å². The molecule has 0 saturated heterocycles. The number of phenolic OH excluding ortho intramolecular Hbond substituents is 2. The molecule has 4 N–H and O–H groups in total. The van der Waals surface area contributed by atoms with Crippen LogP contribution in [-0.4, -0.2) is 34.3 Å². The maximum atomic E-state index is 12.1. The second-order valence-electron chi connectivity index (χ2n) is 4.37. The molecule has 7 heteroatoms. The van der Waals surface area contributed by atoms with Crippen molar-refractivity contribution in [2.45, 2.75) is 0 Å². The van der Waals surface area contributed by atoms with Gasteiger partial charge in [-0.1, -0.05) is 0 Å². The van der Waals surface area contributed by atoms with E-state index in [1.54, 1.807) is 0 Å². The van der Waals surface area contributed by atoms with Gasteiger partial charge in [0.15, 0.2) is 0 Å². The molecule has 114 valence electrons. The maximum Gasteiger partial charge on any atom is 0.337 e. The number of ether oxygens (including phenoxy) is 1. The second kappa shape index (κ2) is 6.04. The molecule has 2 aromatic carbocycles. The van der Waals surface area contributed by atoms with Crippen molar-refractivity contribution in [2.24, 2.45) is 0 Å². The lowest BCUT2D eigenvalue weighted by Crippen LogP contribution is -2.15. The van der Waals surface area contributed by atoms with Gasteiger partial charge in [0.1, 0.15) is 17.2 Å². The lowest BCUT2D eigenvalue weighted by atomic mass is 10.1. The molecule has 7 nitrogen and oxygen atoms in total. The van der Waals surface area contributed by atoms with Gasteiger partial charge >= 0.3 is 5.97 Å². The molecule has 0 unspecified atom stereocenters. The highest BCUT2D eigenvalue weighted by atomic mass is 16.5. The number of nitrogens with one attached hydrogen (secondary N) is 1. The minimum absolute atomic E-state index is 0.0551. The molecule has 1 amide bonds. The standard InChI is InChI=1S/C15H13NO6/c1-22-9-3-5-11(13(18)7-9)14(19)16-12-6-8(17)2-4-10(12)15(20)21/h2-7,17-18H,1H3,(H,16,19)(H,20,21). The summed E-state index contributed by atoms with van der Waals surface area (Å²) >= 11 is 0. The molecule has 0 aliphatic heterocycles. The SMILES string of the molecule is COc1ccc(C(=O)Nc2cc(O)ccc2C(=O)O)c(O)c1. The van der Waals surface area contributed by atoms with E-state index in [2.05, 4.69) is 5.32 Å². The Kier molecular flexibility index (Phi) is 4.17. The zero-order chi connectivity index (χ0) is 16.3. The molecule has 0 saturated carbocycles. The number of carboxylic acids is 1. The maximum absolute atomic E-state index is 12.1. The van der Waals surface area contributed by atoms with Gasteiger partial charge in [0.05, 0.1) is 23.9 Å². The summed E-state index contributed by atoms with van der Waals surface area (Å²) in [7, 11) is 1.42. The number of carbonyl (C=O) groups is 2. The first kappa shape index (κ1) is 15.2. The Balaban J connectivity index is 2.33. The van der Waals surface area contributed by atoms with Crippen molar-refractivity contribution in [1.29, 1.82) is 0 Å². The third kappa shape index (κ3) is 3.09. The number of aromatic hydroxyl groups is 2. The fraction of sp³-hybridized carbons (Fsp3) is 0.0667. The van der Waals surface area contributed by atoms with Gasteiger partial charge in [-0.25, -0.2) is 4.79 Å². The average molecular weight is 303 g/mol. The molecule has 0 radical (unpaired) electrons. The van der Waals surface area contributed by atoms with Gasteiger partial charge in [-0.3, -0.25) is 4.79 Å². The largest absolute Gasteiger partial charge is 0.508 e. The van der Waals surface area contributed by atoms with Crippen LogP contribution in [-0.2, 0) is 0 Å². The fourth-order valence-corrected chi connectivity index (χ4v) is 1.84. The lowest BCUT2D eigenvalue weighted by Gasteiger charge is -2.10. The number of aromatic carboxylic acids is 1. The van der Waals surface area contributed by atoms with Crippen molar-refractivity contribution < 1.29 is 29.6 Å². The van der Waals surface area contributed by atoms with E-state index in [4.69, 9.17) is 9.84 Å². The van der Waals surface area contributed by atoms with E-state index in [1.807, 2.05) is 0 Å². The lowest BCUT2D eigenvalue weighted by molar-refractivity contribution is 0.0698. The Labute approximate surface area is 125 Å². The molecule has 0 spiro atoms. The number of anilines is 1. The molecule has 0 bridgehead atoms. The Bertz CT molecular complexity index is 741. The van der Waals surface area contributed by atoms with Crippen molar-refractivity contribution in [3.63, 3.8) is 0 Å². The zero-order valence-electron chi connectivity index (χ0n) is 11.5. The smallest absolute Gasteiger partial charge is 0.337 e. The van der Waals surface area contributed by atoms with Crippen LogP contribution < -0.4 is 10.1 Å². The normalized spacial score (nSPS) is 10.0. The zero-order valence-corrected chi connectivity index (χ0v) is 11.5. The van der Waals surface area contributed by atoms with Crippen LogP contribution in [0.2, 0.25) is 0 Å². The van der Waals surface area contributed by atoms with Crippen molar-refractivity contribution in [3.8, 4) is 17.2 Å². The summed E-state index contributed by atoms with van der Waals surface area (Å²) in [5.74, 6) is -2.10. The number of carbonyl (C=O) groups excluding carboxylic acids is 1. The van der Waals surface area contributed by atoms with Crippen molar-refractivity contribution in [2.75, 3.05) is 12.4 Å². The number of rotatable bonds is 4. The van der Waals surface area contributed by atoms with E-state index in [9.17, 15) is 19.8 Å². The van der Waals surface area contributed by atoms with Gasteiger partial charge in [-0.15, -0.1) is 0 Å². The fourth-order valence-electron chi connectivity index (χ4n) is 1.84. The topological polar surface area (TPSA) is 116 Å². The number of hydrogen-bond donors (Lipinski definition) is 4. The van der Waals surface area contributed by atoms with Crippen molar-refractivity contribution >= 4 is 17.6 Å². The molecule has 0 fully saturated rings. The predicted molar refractivity (Wildman–Crippen MR) is 77.7 cm³/mol. The Morgan fingerprint density at radius 1 is 1.05 bits per heavy atom. The summed E-state index contributed by atoms with van der Waals surface area (Å²) in [6, 6.07) is 7.56. The van der Waals surface area contributed by atoms with Crippen LogP contribution in [0.25, 0.3) is 0 Å². The van der Waals surface area contributed by atoms with Crippen LogP contribution in [0, 0.1) is 0 Å². The average Bonchev–Trinajstić information content (AvgIpc) is 2.46. The molecular weight excluding hydrogens is 290 g/mol. The predicted octanol–water partition coefficient (Wildman–Crippen LogP) is 2.06. The van der Waals surface area contributed by atoms with Crippen LogP contribution in [0.4, 0.5) is 5.69 Å². The second-order valence-corrected chi connectivity index (χ2v) is 4.37. The van der Waals surface area contributed by atoms with Gasteiger partial charge in [0, 0.05) is 12.1 Å². The van der Waals surface area contributed by atoms with Crippen molar-refractivity contribution in [3.05, 3.63) is 47.5 Å². The van der Waals surface area contributed by atoms with E-state index in [0.717, 1.165) is 6.07 Å². The Morgan fingerprint density at radius 2 is 1.73 bits per heavy atom. The van der Waals surface area contributed by atoms with Gasteiger partial charge < -0.3 is 25.4 Å². The summed E-state index contributed by atoms with van der Waals surface area (Å²) in [4.78, 5) is 23.2. The summed E-state index contributed by atoms with van der Waals surface area (Å²) in [5.41, 5.74) is -0.313. The molecule has 22 heavy (non-hydrogen) atoms. The number of hydrogen-bond acceptors (Lipinski definition) is 5. The first-order chi connectivity index (χ1) is 10.4. The number of methoxy groups -OCH3 is 1. The number of carboxylic acid groups (broad SMARTS) is 1. The molecular formula is C15H13NO6. The van der Waals surface area contributed by atoms with E-state index in [0.29, 0.717) is 5.75 Å². The van der Waals surface area contributed by atoms with Crippen LogP contribution >= 0.6 is 0 Å². The number of benzene rings is 2. The van der Waals surface area contributed by atoms with E-state index < -0.39 is 11.9 Å². The monoisotopic (exact) mass is 303 g/mol. The molecule has 0 aromatic heterocycles. The third-order valence-electron chi connectivity index (χ3n) is 2.93. The van der Waals surface area contributed by atoms with E-state index >= 15 is 0 Å². The summed E-state index contributed by atoms with van der Waals surface area (Å²) in [6.45, 7) is 0. The van der Waals surface area contributed by atoms with Gasteiger partial charge in [-0.2, -0.15) is 0 Å². The number of amides is 1. The minimum atomic E-state index is -1.26. The number of phenols is 2. The first-order valence-electron chi connectivity index (χ1n) is 6.17. The van der Waals surface area contributed by atoms with Gasteiger partial charge in [0.2, 0.25) is 0 Å². The quantitative estimate of drug-likeness (QED) is 0.687. The molecule has 0 aliphatic carbocycles. The first-order valence-corrected chi connectivity index (χ1v) is 6.17. The molecule has 0 atom stereocenters. The van der Waals surface area contributed by atoms with Crippen molar-refractivity contribution in [1.82, 2.24) is 0 Å². The summed E-state index contributed by atoms with van der Waals surface area (Å²) < 4.78 is 4.91. The van der Waals surface area contributed by atoms with Gasteiger partial charge in [-0.05, 0) is 24.3 Å². The third-order valence-corrected chi connectivity index (χ3v) is 2.93. The van der Waals surface area contributed by atoms with Crippen LogP contribution in [0.3, 0.4) is 0 Å². The molecule has 2 aromatic rings. The van der Waals surface area contributed by atoms with Crippen LogP contribution in [0.5, 0.6) is 17.2 Å². The van der Waals surface area contributed by atoms with Gasteiger partial charge in [0.25, 0.3) is 5.91 Å². The van der Waals surface area contributed by atoms with Crippen LogP contribution in [0.1, 0.15) is 20.7 Å². The Morgan fingerprint density at radius 3 is 2.32 bits per heavy atom. The molecule has 0 aliphatic rings. The molecule has 2 rings (SSSR count). The summed E-state index contributed by atoms with van der Waals surface area (Å²) in [6.07, 6.45) is 0. The summed E-state index contributed by atoms with van der Waals surface area (Å²) in [5, 5.41) is 30.6. The highest BCUT2D eigenvalue weighted by Crippen LogP contribution is 2.26. The minimum Gasteiger partial charge on any atom is -0.508 e. The molecule has 0 heterocycles. The van der Waals surface area contributed by atoms with E-state index in [1.165, 1.54) is 37.4 Å². The highest BCUT2D eigenvalue weighted by Gasteiger charge is 2.17.